The Morgan fingerprint density at radius 1 is 1.00 bits per heavy atom. The van der Waals surface area contributed by atoms with E-state index in [-0.39, 0.29) is 6.61 Å². The molecule has 0 aromatic rings. The van der Waals surface area contributed by atoms with E-state index in [1.807, 2.05) is 0 Å². The maximum Gasteiger partial charge on any atom is 0.0822 e. The van der Waals surface area contributed by atoms with Gasteiger partial charge in [-0.15, -0.1) is 0 Å². The molecule has 0 rings (SSSR count). The predicted octanol–water partition coefficient (Wildman–Crippen LogP) is 3.33. The highest BCUT2D eigenvalue weighted by molar-refractivity contribution is 4.76. The molecule has 0 unspecified atom stereocenters. The molecule has 0 fully saturated rings. The van der Waals surface area contributed by atoms with E-state index in [4.69, 9.17) is 0 Å². The summed E-state index contributed by atoms with van der Waals surface area (Å²) in [7, 11) is 0. The van der Waals surface area contributed by atoms with Gasteiger partial charge in [-0.1, -0.05) is 31.4 Å². The van der Waals surface area contributed by atoms with Crippen LogP contribution in [0.4, 0.5) is 0 Å². The lowest BCUT2D eigenvalue weighted by Crippen LogP contribution is -1.81. The number of unbranched alkanes of at least 4 members (excludes halogenated alkanes) is 5. The van der Waals surface area contributed by atoms with Crippen molar-refractivity contribution >= 4 is 0 Å². The minimum Gasteiger partial charge on any atom is -0.237 e. The molecule has 0 aromatic carbocycles. The van der Waals surface area contributed by atoms with Gasteiger partial charge < -0.3 is 0 Å². The number of allylic oxidation sites excluding steroid dienone is 2. The average Bonchev–Trinajstić information content (AvgIpc) is 2.03. The second-order valence-corrected chi connectivity index (χ2v) is 2.83. The molecular formula is C10H19O. The van der Waals surface area contributed by atoms with Crippen LogP contribution in [0.1, 0.15) is 45.4 Å². The Bertz CT molecular complexity index is 86.9. The molecule has 0 aliphatic heterocycles. The molecule has 65 valence electrons. The quantitative estimate of drug-likeness (QED) is 0.397. The fourth-order valence-corrected chi connectivity index (χ4v) is 1.06. The largest absolute Gasteiger partial charge is 0.237 e. The molecule has 11 heavy (non-hydrogen) atoms. The number of hydrogen-bond donors (Lipinski definition) is 0. The molecule has 0 spiro atoms. The summed E-state index contributed by atoms with van der Waals surface area (Å²) in [5, 5.41) is 10.1. The van der Waals surface area contributed by atoms with Crippen LogP contribution in [0.2, 0.25) is 0 Å². The number of hydrogen-bond acceptors (Lipinski definition) is 0. The smallest absolute Gasteiger partial charge is 0.0822 e. The summed E-state index contributed by atoms with van der Waals surface area (Å²) >= 11 is 0. The van der Waals surface area contributed by atoms with E-state index in [2.05, 4.69) is 19.1 Å². The average molecular weight is 155 g/mol. The van der Waals surface area contributed by atoms with Gasteiger partial charge >= 0.3 is 0 Å². The van der Waals surface area contributed by atoms with Crippen molar-refractivity contribution in [3.63, 3.8) is 0 Å². The summed E-state index contributed by atoms with van der Waals surface area (Å²) in [6.07, 6.45) is 11.3. The zero-order valence-corrected chi connectivity index (χ0v) is 7.51. The van der Waals surface area contributed by atoms with Gasteiger partial charge in [0.1, 0.15) is 0 Å². The summed E-state index contributed by atoms with van der Waals surface area (Å²) in [5.74, 6) is 0. The zero-order valence-electron chi connectivity index (χ0n) is 7.51. The zero-order chi connectivity index (χ0) is 8.36. The van der Waals surface area contributed by atoms with Gasteiger partial charge in [-0.2, -0.15) is 0 Å². The van der Waals surface area contributed by atoms with E-state index in [9.17, 15) is 5.11 Å². The third kappa shape index (κ3) is 9.70. The summed E-state index contributed by atoms with van der Waals surface area (Å²) in [4.78, 5) is 0. The molecule has 1 radical (unpaired) electrons. The van der Waals surface area contributed by atoms with Gasteiger partial charge in [0.05, 0.1) is 6.61 Å². The molecule has 1 nitrogen and oxygen atoms in total. The van der Waals surface area contributed by atoms with Crippen LogP contribution in [0.3, 0.4) is 0 Å². The van der Waals surface area contributed by atoms with Crippen LogP contribution in [0.5, 0.6) is 0 Å². The van der Waals surface area contributed by atoms with Crippen LogP contribution in [-0.2, 0) is 5.11 Å². The first-order chi connectivity index (χ1) is 5.41. The van der Waals surface area contributed by atoms with E-state index >= 15 is 0 Å². The van der Waals surface area contributed by atoms with Crippen molar-refractivity contribution in [2.75, 3.05) is 6.61 Å². The summed E-state index contributed by atoms with van der Waals surface area (Å²) in [6.45, 7) is 2.16. The molecule has 0 heterocycles. The van der Waals surface area contributed by atoms with Gasteiger partial charge in [0.25, 0.3) is 0 Å². The predicted molar refractivity (Wildman–Crippen MR) is 48.1 cm³/mol. The van der Waals surface area contributed by atoms with E-state index in [1.165, 1.54) is 25.7 Å². The van der Waals surface area contributed by atoms with Crippen LogP contribution >= 0.6 is 0 Å². The minimum atomic E-state index is 0.106. The maximum absolute atomic E-state index is 10.1. The molecule has 0 aromatic heterocycles. The number of rotatable bonds is 7. The normalized spacial score (nSPS) is 11.1. The van der Waals surface area contributed by atoms with Crippen LogP contribution in [0.15, 0.2) is 12.2 Å². The molecule has 0 N–H and O–H groups in total. The first-order valence-electron chi connectivity index (χ1n) is 4.61. The fourth-order valence-electron chi connectivity index (χ4n) is 1.06. The Balaban J connectivity index is 2.79. The van der Waals surface area contributed by atoms with E-state index < -0.39 is 0 Å². The van der Waals surface area contributed by atoms with Gasteiger partial charge in [-0.25, -0.2) is 5.11 Å². The van der Waals surface area contributed by atoms with Gasteiger partial charge in [0.2, 0.25) is 0 Å². The van der Waals surface area contributed by atoms with Crippen molar-refractivity contribution in [3.05, 3.63) is 12.2 Å². The summed E-state index contributed by atoms with van der Waals surface area (Å²) < 4.78 is 0. The van der Waals surface area contributed by atoms with Gasteiger partial charge in [0.15, 0.2) is 0 Å². The summed E-state index contributed by atoms with van der Waals surface area (Å²) in [5.41, 5.74) is 0. The van der Waals surface area contributed by atoms with Crippen LogP contribution in [0, 0.1) is 0 Å². The van der Waals surface area contributed by atoms with Gasteiger partial charge in [-0.05, 0) is 26.2 Å². The first kappa shape index (κ1) is 10.7. The molecule has 0 aliphatic rings. The molecular weight excluding hydrogens is 136 g/mol. The Morgan fingerprint density at radius 2 is 1.64 bits per heavy atom. The van der Waals surface area contributed by atoms with E-state index in [0.717, 1.165) is 12.8 Å². The molecule has 0 saturated carbocycles. The molecule has 0 aliphatic carbocycles. The van der Waals surface area contributed by atoms with E-state index in [1.54, 1.807) is 0 Å². The lowest BCUT2D eigenvalue weighted by molar-refractivity contribution is 0.186. The van der Waals surface area contributed by atoms with Gasteiger partial charge in [-0.3, -0.25) is 0 Å². The lowest BCUT2D eigenvalue weighted by atomic mass is 10.1. The molecule has 0 atom stereocenters. The van der Waals surface area contributed by atoms with Crippen molar-refractivity contribution in [1.82, 2.24) is 0 Å². The topological polar surface area (TPSA) is 19.9 Å². The van der Waals surface area contributed by atoms with Crippen LogP contribution in [0.25, 0.3) is 0 Å². The monoisotopic (exact) mass is 155 g/mol. The third-order valence-electron chi connectivity index (χ3n) is 1.75. The highest BCUT2D eigenvalue weighted by atomic mass is 16.2. The van der Waals surface area contributed by atoms with Crippen molar-refractivity contribution < 1.29 is 5.11 Å². The van der Waals surface area contributed by atoms with Crippen molar-refractivity contribution in [1.29, 1.82) is 0 Å². The van der Waals surface area contributed by atoms with Crippen LogP contribution < -0.4 is 0 Å². The Hall–Kier alpha value is -0.300. The Morgan fingerprint density at radius 3 is 2.27 bits per heavy atom. The SMILES string of the molecule is CC=CCCCCCCC[O]. The van der Waals surface area contributed by atoms with Crippen LogP contribution in [-0.4, -0.2) is 6.61 Å². The van der Waals surface area contributed by atoms with E-state index in [0.29, 0.717) is 0 Å². The fraction of sp³-hybridized carbons (Fsp3) is 0.800. The standard InChI is InChI=1S/C10H19O/c1-2-3-4-5-6-7-8-9-10-11/h2-3H,4-10H2,1H3. The van der Waals surface area contributed by atoms with Crippen molar-refractivity contribution in [2.24, 2.45) is 0 Å². The highest BCUT2D eigenvalue weighted by Gasteiger charge is 1.87. The second-order valence-electron chi connectivity index (χ2n) is 2.83. The second kappa shape index (κ2) is 9.70. The molecule has 0 amide bonds. The Kier molecular flexibility index (Phi) is 9.44. The molecule has 1 heteroatoms. The Labute approximate surface area is 70.1 Å². The first-order valence-corrected chi connectivity index (χ1v) is 4.61. The van der Waals surface area contributed by atoms with Crippen molar-refractivity contribution in [3.8, 4) is 0 Å². The molecule has 0 saturated heterocycles. The summed E-state index contributed by atoms with van der Waals surface area (Å²) in [6, 6.07) is 0. The molecule has 0 bridgehead atoms. The van der Waals surface area contributed by atoms with Crippen molar-refractivity contribution in [2.45, 2.75) is 45.4 Å². The lowest BCUT2D eigenvalue weighted by Gasteiger charge is -1.96. The maximum atomic E-state index is 10.1. The highest BCUT2D eigenvalue weighted by Crippen LogP contribution is 2.05. The minimum absolute atomic E-state index is 0.106. The van der Waals surface area contributed by atoms with Gasteiger partial charge in [0, 0.05) is 0 Å². The third-order valence-corrected chi connectivity index (χ3v) is 1.75.